The standard InChI is InChI=1S/C15H22N2S2/c1-2-12-6-9-18-13(12)10-16-14-17-15(11-19-14)7-4-3-5-8-15/h6,9H,2-5,7-8,10-11H2,1H3,(H,16,17). The van der Waals surface area contributed by atoms with Gasteiger partial charge in [0.05, 0.1) is 6.54 Å². The van der Waals surface area contributed by atoms with Gasteiger partial charge < -0.3 is 5.32 Å². The van der Waals surface area contributed by atoms with Crippen LogP contribution in [0.2, 0.25) is 0 Å². The summed E-state index contributed by atoms with van der Waals surface area (Å²) in [5.41, 5.74) is 1.84. The van der Waals surface area contributed by atoms with Gasteiger partial charge in [-0.15, -0.1) is 11.3 Å². The maximum Gasteiger partial charge on any atom is 0.157 e. The second-order valence-electron chi connectivity index (χ2n) is 5.60. The van der Waals surface area contributed by atoms with Crippen molar-refractivity contribution in [3.63, 3.8) is 0 Å². The quantitative estimate of drug-likeness (QED) is 0.903. The van der Waals surface area contributed by atoms with Crippen LogP contribution in [0.5, 0.6) is 0 Å². The molecule has 1 saturated heterocycles. The number of aryl methyl sites for hydroxylation is 1. The van der Waals surface area contributed by atoms with E-state index in [1.165, 1.54) is 53.5 Å². The molecule has 2 nitrogen and oxygen atoms in total. The van der Waals surface area contributed by atoms with Crippen LogP contribution in [0, 0.1) is 0 Å². The summed E-state index contributed by atoms with van der Waals surface area (Å²) in [4.78, 5) is 6.24. The maximum atomic E-state index is 4.80. The lowest BCUT2D eigenvalue weighted by Crippen LogP contribution is -2.45. The zero-order valence-electron chi connectivity index (χ0n) is 11.6. The topological polar surface area (TPSA) is 24.4 Å². The van der Waals surface area contributed by atoms with Gasteiger partial charge in [-0.3, -0.25) is 4.99 Å². The van der Waals surface area contributed by atoms with E-state index in [1.807, 2.05) is 23.1 Å². The van der Waals surface area contributed by atoms with Crippen molar-refractivity contribution in [2.75, 3.05) is 5.75 Å². The van der Waals surface area contributed by atoms with Crippen LogP contribution in [0.1, 0.15) is 49.5 Å². The Hall–Kier alpha value is -0.480. The molecule has 1 aliphatic carbocycles. The Morgan fingerprint density at radius 1 is 1.32 bits per heavy atom. The molecule has 0 aromatic carbocycles. The number of thioether (sulfide) groups is 1. The van der Waals surface area contributed by atoms with Gasteiger partial charge in [0.2, 0.25) is 0 Å². The van der Waals surface area contributed by atoms with E-state index in [9.17, 15) is 0 Å². The number of rotatable bonds is 3. The van der Waals surface area contributed by atoms with Crippen LogP contribution in [0.15, 0.2) is 16.4 Å². The van der Waals surface area contributed by atoms with Crippen LogP contribution in [0.25, 0.3) is 0 Å². The minimum Gasteiger partial charge on any atom is -0.359 e. The van der Waals surface area contributed by atoms with Gasteiger partial charge in [-0.05, 0) is 36.3 Å². The number of thiophene rings is 1. The average Bonchev–Trinajstić information content (AvgIpc) is 3.04. The molecule has 2 aliphatic rings. The van der Waals surface area contributed by atoms with E-state index in [2.05, 4.69) is 23.7 Å². The van der Waals surface area contributed by atoms with Crippen LogP contribution in [-0.4, -0.2) is 16.5 Å². The third kappa shape index (κ3) is 3.00. The first kappa shape index (κ1) is 13.5. The lowest BCUT2D eigenvalue weighted by molar-refractivity contribution is 0.303. The molecule has 2 fully saturated rings. The van der Waals surface area contributed by atoms with Gasteiger partial charge >= 0.3 is 0 Å². The Kier molecular flexibility index (Phi) is 4.18. The van der Waals surface area contributed by atoms with E-state index >= 15 is 0 Å². The first-order chi connectivity index (χ1) is 9.31. The van der Waals surface area contributed by atoms with Crippen molar-refractivity contribution in [2.24, 2.45) is 4.99 Å². The largest absolute Gasteiger partial charge is 0.359 e. The van der Waals surface area contributed by atoms with Crippen molar-refractivity contribution >= 4 is 28.3 Å². The summed E-state index contributed by atoms with van der Waals surface area (Å²) in [6.07, 6.45) is 7.96. The van der Waals surface area contributed by atoms with Crippen molar-refractivity contribution in [3.05, 3.63) is 21.9 Å². The number of hydrogen-bond acceptors (Lipinski definition) is 3. The fourth-order valence-electron chi connectivity index (χ4n) is 3.05. The van der Waals surface area contributed by atoms with Gasteiger partial charge in [-0.2, -0.15) is 0 Å². The third-order valence-corrected chi connectivity index (χ3v) is 6.40. The van der Waals surface area contributed by atoms with Gasteiger partial charge in [0.15, 0.2) is 5.17 Å². The molecule has 1 spiro atoms. The maximum absolute atomic E-state index is 4.80. The van der Waals surface area contributed by atoms with Crippen LogP contribution >= 0.6 is 23.1 Å². The molecule has 1 aromatic rings. The Bertz CT molecular complexity index is 458. The van der Waals surface area contributed by atoms with Gasteiger partial charge in [-0.25, -0.2) is 0 Å². The van der Waals surface area contributed by atoms with Crippen LogP contribution in [0.4, 0.5) is 0 Å². The Labute approximate surface area is 124 Å². The molecule has 4 heteroatoms. The molecule has 0 amide bonds. The zero-order valence-corrected chi connectivity index (χ0v) is 13.2. The molecule has 19 heavy (non-hydrogen) atoms. The molecule has 3 rings (SSSR count). The molecular formula is C15H22N2S2. The average molecular weight is 294 g/mol. The Morgan fingerprint density at radius 2 is 2.16 bits per heavy atom. The second-order valence-corrected chi connectivity index (χ2v) is 7.56. The molecule has 1 aromatic heterocycles. The molecule has 0 unspecified atom stereocenters. The normalized spacial score (nSPS) is 23.9. The van der Waals surface area contributed by atoms with Crippen molar-refractivity contribution in [2.45, 2.75) is 57.5 Å². The van der Waals surface area contributed by atoms with Gasteiger partial charge in [0.1, 0.15) is 0 Å². The number of amidine groups is 1. The van der Waals surface area contributed by atoms with Gasteiger partial charge in [-0.1, -0.05) is 37.9 Å². The molecule has 0 atom stereocenters. The fourth-order valence-corrected chi connectivity index (χ4v) is 5.17. The van der Waals surface area contributed by atoms with E-state index in [1.54, 1.807) is 0 Å². The van der Waals surface area contributed by atoms with Gasteiger partial charge in [0, 0.05) is 16.2 Å². The summed E-state index contributed by atoms with van der Waals surface area (Å²) in [5.74, 6) is 1.22. The number of nitrogens with zero attached hydrogens (tertiary/aromatic N) is 1. The predicted octanol–water partition coefficient (Wildman–Crippen LogP) is 4.21. The van der Waals surface area contributed by atoms with Crippen LogP contribution < -0.4 is 5.32 Å². The highest BCUT2D eigenvalue weighted by atomic mass is 32.2. The summed E-state index contributed by atoms with van der Waals surface area (Å²) >= 11 is 3.77. The summed E-state index contributed by atoms with van der Waals surface area (Å²) in [6.45, 7) is 3.07. The molecule has 1 N–H and O–H groups in total. The Balaban J connectivity index is 1.63. The molecule has 2 heterocycles. The van der Waals surface area contributed by atoms with E-state index in [0.717, 1.165) is 13.0 Å². The minimum atomic E-state index is 0.380. The van der Waals surface area contributed by atoms with E-state index in [0.29, 0.717) is 5.54 Å². The van der Waals surface area contributed by atoms with Crippen molar-refractivity contribution in [3.8, 4) is 0 Å². The SMILES string of the molecule is CCc1ccsc1CN=C1NC2(CCCCC2)CS1. The summed E-state index contributed by atoms with van der Waals surface area (Å²) < 4.78 is 0. The highest BCUT2D eigenvalue weighted by molar-refractivity contribution is 8.14. The van der Waals surface area contributed by atoms with Crippen molar-refractivity contribution in [1.82, 2.24) is 5.32 Å². The van der Waals surface area contributed by atoms with E-state index < -0.39 is 0 Å². The summed E-state index contributed by atoms with van der Waals surface area (Å²) in [5, 5.41) is 7.09. The second kappa shape index (κ2) is 5.88. The molecule has 0 bridgehead atoms. The highest BCUT2D eigenvalue weighted by Crippen LogP contribution is 2.36. The number of nitrogens with one attached hydrogen (secondary N) is 1. The first-order valence-electron chi connectivity index (χ1n) is 7.32. The molecule has 1 aliphatic heterocycles. The smallest absolute Gasteiger partial charge is 0.157 e. The predicted molar refractivity (Wildman–Crippen MR) is 86.2 cm³/mol. The summed E-state index contributed by atoms with van der Waals surface area (Å²) in [6, 6.07) is 2.23. The molecule has 1 saturated carbocycles. The molecule has 0 radical (unpaired) electrons. The lowest BCUT2D eigenvalue weighted by atomic mass is 9.83. The third-order valence-electron chi connectivity index (χ3n) is 4.25. The van der Waals surface area contributed by atoms with E-state index in [-0.39, 0.29) is 0 Å². The first-order valence-corrected chi connectivity index (χ1v) is 9.18. The van der Waals surface area contributed by atoms with Crippen molar-refractivity contribution < 1.29 is 0 Å². The Morgan fingerprint density at radius 3 is 2.95 bits per heavy atom. The van der Waals surface area contributed by atoms with Crippen molar-refractivity contribution in [1.29, 1.82) is 0 Å². The van der Waals surface area contributed by atoms with E-state index in [4.69, 9.17) is 4.99 Å². The summed E-state index contributed by atoms with van der Waals surface area (Å²) in [7, 11) is 0. The highest BCUT2D eigenvalue weighted by Gasteiger charge is 2.37. The van der Waals surface area contributed by atoms with Crippen LogP contribution in [0.3, 0.4) is 0 Å². The molecule has 104 valence electrons. The number of aliphatic imine (C=N–C) groups is 1. The van der Waals surface area contributed by atoms with Gasteiger partial charge in [0.25, 0.3) is 0 Å². The zero-order chi connectivity index (χ0) is 13.1. The number of hydrogen-bond donors (Lipinski definition) is 1. The fraction of sp³-hybridized carbons (Fsp3) is 0.667. The monoisotopic (exact) mass is 294 g/mol. The van der Waals surface area contributed by atoms with Crippen LogP contribution in [-0.2, 0) is 13.0 Å². The molecular weight excluding hydrogens is 272 g/mol. The minimum absolute atomic E-state index is 0.380. The lowest BCUT2D eigenvalue weighted by Gasteiger charge is -2.32.